The Bertz CT molecular complexity index is 60.4. The van der Waals surface area contributed by atoms with Crippen molar-refractivity contribution in [1.29, 1.82) is 0 Å². The lowest BCUT2D eigenvalue weighted by molar-refractivity contribution is 0.576. The largest absolute Gasteiger partial charge is 0.0654 e. The van der Waals surface area contributed by atoms with Crippen LogP contribution in [0.25, 0.3) is 0 Å². The Morgan fingerprint density at radius 1 is 0.692 bits per heavy atom. The zero-order valence-corrected chi connectivity index (χ0v) is 10.5. The summed E-state index contributed by atoms with van der Waals surface area (Å²) >= 11 is 0. The summed E-state index contributed by atoms with van der Waals surface area (Å²) in [7, 11) is 0. The van der Waals surface area contributed by atoms with E-state index >= 15 is 0 Å². The highest BCUT2D eigenvalue weighted by Crippen LogP contribution is 2.00. The topological polar surface area (TPSA) is 0 Å². The Labute approximate surface area is 86.1 Å². The van der Waals surface area contributed by atoms with Crippen LogP contribution in [-0.2, 0) is 0 Å². The van der Waals surface area contributed by atoms with E-state index in [-0.39, 0.29) is 0 Å². The highest BCUT2D eigenvalue weighted by atomic mass is 13.9. The molecule has 0 unspecified atom stereocenters. The van der Waals surface area contributed by atoms with Gasteiger partial charge in [0.15, 0.2) is 0 Å². The molecule has 0 nitrogen and oxygen atoms in total. The molecule has 13 heavy (non-hydrogen) atoms. The average Bonchev–Trinajstić information content (AvgIpc) is 2.06. The molecule has 0 aliphatic heterocycles. The van der Waals surface area contributed by atoms with Crippen LogP contribution >= 0.6 is 0 Å². The first-order valence-corrected chi connectivity index (χ1v) is 6.18. The second-order valence-corrected chi connectivity index (χ2v) is 4.24. The summed E-state index contributed by atoms with van der Waals surface area (Å²) in [5.41, 5.74) is 0. The molecule has 82 valence electrons. The fourth-order valence-electron chi connectivity index (χ4n) is 1.25. The first-order chi connectivity index (χ1) is 6.18. The van der Waals surface area contributed by atoms with Gasteiger partial charge in [-0.25, -0.2) is 0 Å². The molecule has 0 N–H and O–H groups in total. The van der Waals surface area contributed by atoms with Gasteiger partial charge in [-0.3, -0.25) is 0 Å². The van der Waals surface area contributed by atoms with Crippen LogP contribution < -0.4 is 0 Å². The zero-order valence-electron chi connectivity index (χ0n) is 10.5. The summed E-state index contributed by atoms with van der Waals surface area (Å²) in [4.78, 5) is 0. The molecule has 0 heteroatoms. The third-order valence-electron chi connectivity index (χ3n) is 2.07. The highest BCUT2D eigenvalue weighted by molar-refractivity contribution is 4.38. The molecule has 0 bridgehead atoms. The van der Waals surface area contributed by atoms with E-state index < -0.39 is 0 Å². The van der Waals surface area contributed by atoms with Crippen LogP contribution in [0.1, 0.15) is 79.6 Å². The van der Waals surface area contributed by atoms with Crippen molar-refractivity contribution < 1.29 is 0 Å². The summed E-state index contributed by atoms with van der Waals surface area (Å²) in [5, 5.41) is 0. The molecule has 0 saturated carbocycles. The van der Waals surface area contributed by atoms with Gasteiger partial charge in [0.05, 0.1) is 0 Å². The fourth-order valence-corrected chi connectivity index (χ4v) is 1.25. The molecule has 0 radical (unpaired) electrons. The molecule has 0 aliphatic carbocycles. The smallest absolute Gasteiger partial charge is 0.0471 e. The van der Waals surface area contributed by atoms with Gasteiger partial charge in [0.2, 0.25) is 0 Å². The third kappa shape index (κ3) is 24.5. The predicted octanol–water partition coefficient (Wildman–Crippen LogP) is 5.42. The van der Waals surface area contributed by atoms with E-state index in [9.17, 15) is 0 Å². The van der Waals surface area contributed by atoms with Gasteiger partial charge in [-0.05, 0) is 5.92 Å². The molecule has 0 aromatic heterocycles. The van der Waals surface area contributed by atoms with Crippen LogP contribution in [0.4, 0.5) is 0 Å². The first-order valence-electron chi connectivity index (χ1n) is 6.18. The Kier molecular flexibility index (Phi) is 17.3. The van der Waals surface area contributed by atoms with E-state index in [1.165, 1.54) is 44.9 Å². The average molecular weight is 186 g/mol. The van der Waals surface area contributed by atoms with Crippen LogP contribution in [0.3, 0.4) is 0 Å². The van der Waals surface area contributed by atoms with Crippen LogP contribution in [0.5, 0.6) is 0 Å². The Hall–Kier alpha value is 0. The van der Waals surface area contributed by atoms with Crippen molar-refractivity contribution in [3.63, 3.8) is 0 Å². The van der Waals surface area contributed by atoms with Crippen LogP contribution in [0.15, 0.2) is 0 Å². The Balaban J connectivity index is 0. The molecule has 0 aromatic rings. The summed E-state index contributed by atoms with van der Waals surface area (Å²) in [6.45, 7) is 11.2. The molecule has 0 rings (SSSR count). The van der Waals surface area contributed by atoms with Crippen molar-refractivity contribution in [3.05, 3.63) is 0 Å². The van der Waals surface area contributed by atoms with Gasteiger partial charge >= 0.3 is 0 Å². The standard InChI is InChI=1S/C7H16.C6H14/c1-3-5-7-6-4-2;1-4-5-6(2)3/h3-7H2,1-2H3;6H,4-5H2,1-3H3. The second-order valence-electron chi connectivity index (χ2n) is 4.24. The molecule has 0 fully saturated rings. The van der Waals surface area contributed by atoms with Crippen LogP contribution in [-0.4, -0.2) is 0 Å². The molecule has 0 aromatic carbocycles. The van der Waals surface area contributed by atoms with E-state index in [0.29, 0.717) is 0 Å². The van der Waals surface area contributed by atoms with Crippen molar-refractivity contribution in [1.82, 2.24) is 0 Å². The third-order valence-corrected chi connectivity index (χ3v) is 2.07. The van der Waals surface area contributed by atoms with Gasteiger partial charge in [-0.15, -0.1) is 0 Å². The molecule has 0 saturated heterocycles. The van der Waals surface area contributed by atoms with Gasteiger partial charge in [0.25, 0.3) is 0 Å². The highest BCUT2D eigenvalue weighted by Gasteiger charge is 1.85. The minimum absolute atomic E-state index is 0.898. The van der Waals surface area contributed by atoms with Crippen molar-refractivity contribution >= 4 is 0 Å². The maximum Gasteiger partial charge on any atom is -0.0471 e. The normalized spacial score (nSPS) is 9.69. The SMILES string of the molecule is CCCC(C)C.CCCCCCC. The lowest BCUT2D eigenvalue weighted by Gasteiger charge is -1.95. The van der Waals surface area contributed by atoms with Gasteiger partial charge in [-0.2, -0.15) is 0 Å². The van der Waals surface area contributed by atoms with Crippen molar-refractivity contribution in [2.24, 2.45) is 5.92 Å². The minimum atomic E-state index is 0.898. The lowest BCUT2D eigenvalue weighted by atomic mass is 10.1. The quantitative estimate of drug-likeness (QED) is 0.486. The fraction of sp³-hybridized carbons (Fsp3) is 1.00. The Morgan fingerprint density at radius 2 is 1.15 bits per heavy atom. The lowest BCUT2D eigenvalue weighted by Crippen LogP contribution is -1.81. The number of hydrogen-bond acceptors (Lipinski definition) is 0. The van der Waals surface area contributed by atoms with E-state index in [1.807, 2.05) is 0 Å². The molecule has 0 aliphatic rings. The number of rotatable bonds is 6. The number of hydrogen-bond donors (Lipinski definition) is 0. The van der Waals surface area contributed by atoms with Gasteiger partial charge in [0, 0.05) is 0 Å². The number of unbranched alkanes of at least 4 members (excludes halogenated alkanes) is 4. The summed E-state index contributed by atoms with van der Waals surface area (Å²) in [6.07, 6.45) is 9.71. The van der Waals surface area contributed by atoms with E-state index in [4.69, 9.17) is 0 Å². The Morgan fingerprint density at radius 3 is 1.31 bits per heavy atom. The molecular weight excluding hydrogens is 156 g/mol. The van der Waals surface area contributed by atoms with Gasteiger partial charge in [-0.1, -0.05) is 79.6 Å². The van der Waals surface area contributed by atoms with E-state index in [0.717, 1.165) is 5.92 Å². The van der Waals surface area contributed by atoms with Gasteiger partial charge in [0.1, 0.15) is 0 Å². The molecule has 0 spiro atoms. The molecule has 0 amide bonds. The monoisotopic (exact) mass is 186 g/mol. The minimum Gasteiger partial charge on any atom is -0.0654 e. The first kappa shape index (κ1) is 15.5. The van der Waals surface area contributed by atoms with E-state index in [1.54, 1.807) is 0 Å². The maximum absolute atomic E-state index is 2.25. The molecular formula is C13H30. The van der Waals surface area contributed by atoms with Crippen LogP contribution in [0.2, 0.25) is 0 Å². The van der Waals surface area contributed by atoms with E-state index in [2.05, 4.69) is 34.6 Å². The summed E-state index contributed by atoms with van der Waals surface area (Å²) in [6, 6.07) is 0. The van der Waals surface area contributed by atoms with Crippen molar-refractivity contribution in [2.45, 2.75) is 79.6 Å². The second kappa shape index (κ2) is 14.5. The van der Waals surface area contributed by atoms with Crippen LogP contribution in [0, 0.1) is 5.92 Å². The zero-order chi connectivity index (χ0) is 10.5. The van der Waals surface area contributed by atoms with Crippen molar-refractivity contribution in [2.75, 3.05) is 0 Å². The van der Waals surface area contributed by atoms with Gasteiger partial charge < -0.3 is 0 Å². The maximum atomic E-state index is 2.25. The predicted molar refractivity (Wildman–Crippen MR) is 64.2 cm³/mol. The molecule has 0 heterocycles. The van der Waals surface area contributed by atoms with Crippen molar-refractivity contribution in [3.8, 4) is 0 Å². The summed E-state index contributed by atoms with van der Waals surface area (Å²) < 4.78 is 0. The summed E-state index contributed by atoms with van der Waals surface area (Å²) in [5.74, 6) is 0.898. The molecule has 0 atom stereocenters.